The monoisotopic (exact) mass is 326 g/mol. The molecule has 0 radical (unpaired) electrons. The molecular weight excluding hydrogens is 312 g/mol. The van der Waals surface area contributed by atoms with Crippen LogP contribution in [-0.4, -0.2) is 21.7 Å². The zero-order valence-corrected chi connectivity index (χ0v) is 13.3. The molecule has 2 N–H and O–H groups in total. The van der Waals surface area contributed by atoms with Crippen molar-refractivity contribution in [1.82, 2.24) is 9.97 Å². The Morgan fingerprint density at radius 1 is 1.22 bits per heavy atom. The van der Waals surface area contributed by atoms with Crippen LogP contribution in [0.2, 0.25) is 5.02 Å². The number of nitrogens with one attached hydrogen (secondary N) is 1. The van der Waals surface area contributed by atoms with Crippen molar-refractivity contribution >= 4 is 22.6 Å². The summed E-state index contributed by atoms with van der Waals surface area (Å²) in [5, 5.41) is 9.59. The van der Waals surface area contributed by atoms with Gasteiger partial charge in [-0.15, -0.1) is 0 Å². The molecule has 4 nitrogen and oxygen atoms in total. The van der Waals surface area contributed by atoms with E-state index in [9.17, 15) is 0 Å². The first-order chi connectivity index (χ1) is 11.2. The van der Waals surface area contributed by atoms with Crippen LogP contribution in [0.5, 0.6) is 6.01 Å². The van der Waals surface area contributed by atoms with Gasteiger partial charge in [0.25, 0.3) is 6.01 Å². The smallest absolute Gasteiger partial charge is 0.294 e. The molecule has 0 aliphatic heterocycles. The zero-order valence-electron chi connectivity index (χ0n) is 12.6. The second kappa shape index (κ2) is 6.74. The lowest BCUT2D eigenvalue weighted by Gasteiger charge is -1.97. The van der Waals surface area contributed by atoms with Crippen molar-refractivity contribution in [3.63, 3.8) is 0 Å². The van der Waals surface area contributed by atoms with Gasteiger partial charge in [-0.25, -0.2) is 0 Å². The van der Waals surface area contributed by atoms with Crippen LogP contribution in [0.25, 0.3) is 11.0 Å². The summed E-state index contributed by atoms with van der Waals surface area (Å²) in [4.78, 5) is 7.40. The minimum atomic E-state index is 0.0260. The fourth-order valence-electron chi connectivity index (χ4n) is 2.14. The Morgan fingerprint density at radius 3 is 2.70 bits per heavy atom. The number of benzene rings is 2. The molecule has 1 heterocycles. The molecule has 1 aromatic heterocycles. The summed E-state index contributed by atoms with van der Waals surface area (Å²) in [5.41, 5.74) is 4.01. The Balaban J connectivity index is 1.93. The molecule has 5 heteroatoms. The van der Waals surface area contributed by atoms with Crippen molar-refractivity contribution in [1.29, 1.82) is 0 Å². The minimum absolute atomic E-state index is 0.0260. The topological polar surface area (TPSA) is 58.1 Å². The summed E-state index contributed by atoms with van der Waals surface area (Å²) in [6.07, 6.45) is 0. The Kier molecular flexibility index (Phi) is 4.52. The van der Waals surface area contributed by atoms with Crippen molar-refractivity contribution in [2.75, 3.05) is 6.61 Å². The summed E-state index contributed by atoms with van der Waals surface area (Å²) in [6.45, 7) is 2.47. The average Bonchev–Trinajstić information content (AvgIpc) is 2.94. The molecule has 0 aliphatic rings. The number of nitrogens with zero attached hydrogens (tertiary/aromatic N) is 1. The number of aliphatic hydroxyl groups excluding tert-OH is 1. The third-order valence-electron chi connectivity index (χ3n) is 3.31. The molecule has 0 amide bonds. The molecule has 0 atom stereocenters. The fraction of sp³-hybridized carbons (Fsp3) is 0.167. The predicted molar refractivity (Wildman–Crippen MR) is 90.6 cm³/mol. The van der Waals surface area contributed by atoms with Crippen molar-refractivity contribution in [2.45, 2.75) is 13.5 Å². The van der Waals surface area contributed by atoms with E-state index in [0.717, 1.165) is 27.7 Å². The van der Waals surface area contributed by atoms with Crippen LogP contribution in [0.1, 0.15) is 23.6 Å². The molecule has 2 aromatic carbocycles. The van der Waals surface area contributed by atoms with E-state index in [1.54, 1.807) is 6.07 Å². The number of aromatic nitrogens is 2. The van der Waals surface area contributed by atoms with E-state index in [2.05, 4.69) is 21.8 Å². The number of ether oxygens (including phenoxy) is 1. The van der Waals surface area contributed by atoms with Crippen LogP contribution in [0, 0.1) is 11.8 Å². The molecule has 0 saturated heterocycles. The van der Waals surface area contributed by atoms with Gasteiger partial charge < -0.3 is 14.8 Å². The molecule has 3 aromatic rings. The lowest BCUT2D eigenvalue weighted by Crippen LogP contribution is -1.92. The zero-order chi connectivity index (χ0) is 16.2. The van der Waals surface area contributed by atoms with Gasteiger partial charge in [-0.05, 0) is 36.8 Å². The quantitative estimate of drug-likeness (QED) is 0.724. The number of halogens is 1. The van der Waals surface area contributed by atoms with Gasteiger partial charge in [-0.3, -0.25) is 0 Å². The maximum Gasteiger partial charge on any atom is 0.294 e. The van der Waals surface area contributed by atoms with Crippen LogP contribution in [-0.2, 0) is 6.61 Å². The number of fused-ring (bicyclic) bond motifs is 1. The van der Waals surface area contributed by atoms with Crippen LogP contribution in [0.15, 0.2) is 36.4 Å². The molecule has 3 rings (SSSR count). The van der Waals surface area contributed by atoms with E-state index >= 15 is 0 Å². The standard InChI is InChI=1S/C18H15ClN2O2/c1-2-23-18-20-16-9-14(15(19)10-17(16)21-18)8-7-12-3-5-13(11-22)6-4-12/h3-6,9-10,22H,2,11H2,1H3,(H,20,21). The SMILES string of the molecule is CCOc1nc2cc(Cl)c(C#Cc3ccc(CO)cc3)cc2[nH]1. The normalized spacial score (nSPS) is 10.4. The molecule has 23 heavy (non-hydrogen) atoms. The Hall–Kier alpha value is -2.48. The molecule has 116 valence electrons. The highest BCUT2D eigenvalue weighted by atomic mass is 35.5. The van der Waals surface area contributed by atoms with E-state index in [4.69, 9.17) is 21.4 Å². The molecule has 0 bridgehead atoms. The highest BCUT2D eigenvalue weighted by molar-refractivity contribution is 6.32. The lowest BCUT2D eigenvalue weighted by molar-refractivity contribution is 0.282. The van der Waals surface area contributed by atoms with Gasteiger partial charge in [0.05, 0.1) is 29.3 Å². The average molecular weight is 327 g/mol. The largest absolute Gasteiger partial charge is 0.465 e. The summed E-state index contributed by atoms with van der Waals surface area (Å²) in [6, 6.07) is 11.5. The first kappa shape index (κ1) is 15.4. The third kappa shape index (κ3) is 3.48. The first-order valence-electron chi connectivity index (χ1n) is 7.23. The summed E-state index contributed by atoms with van der Waals surface area (Å²) >= 11 is 6.27. The van der Waals surface area contributed by atoms with Crippen LogP contribution < -0.4 is 4.74 Å². The van der Waals surface area contributed by atoms with Crippen molar-refractivity contribution in [3.05, 3.63) is 58.1 Å². The van der Waals surface area contributed by atoms with Crippen molar-refractivity contribution in [3.8, 4) is 17.9 Å². The van der Waals surface area contributed by atoms with Gasteiger partial charge >= 0.3 is 0 Å². The number of hydrogen-bond donors (Lipinski definition) is 2. The van der Waals surface area contributed by atoms with E-state index in [1.807, 2.05) is 37.3 Å². The van der Waals surface area contributed by atoms with Gasteiger partial charge in [0.1, 0.15) is 0 Å². The van der Waals surface area contributed by atoms with E-state index in [0.29, 0.717) is 17.6 Å². The number of hydrogen-bond acceptors (Lipinski definition) is 3. The highest BCUT2D eigenvalue weighted by Gasteiger charge is 2.07. The van der Waals surface area contributed by atoms with Gasteiger partial charge in [0.2, 0.25) is 0 Å². The van der Waals surface area contributed by atoms with Gasteiger partial charge in [0, 0.05) is 11.1 Å². The number of aliphatic hydroxyl groups is 1. The summed E-state index contributed by atoms with van der Waals surface area (Å²) in [5.74, 6) is 6.14. The van der Waals surface area contributed by atoms with E-state index < -0.39 is 0 Å². The summed E-state index contributed by atoms with van der Waals surface area (Å²) < 4.78 is 5.36. The minimum Gasteiger partial charge on any atom is -0.465 e. The van der Waals surface area contributed by atoms with Gasteiger partial charge in [-0.2, -0.15) is 4.98 Å². The summed E-state index contributed by atoms with van der Waals surface area (Å²) in [7, 11) is 0. The third-order valence-corrected chi connectivity index (χ3v) is 3.62. The lowest BCUT2D eigenvalue weighted by atomic mass is 10.1. The maximum absolute atomic E-state index is 9.04. The number of imidazole rings is 1. The number of aromatic amines is 1. The number of rotatable bonds is 3. The molecule has 0 unspecified atom stereocenters. The van der Waals surface area contributed by atoms with Gasteiger partial charge in [-0.1, -0.05) is 35.6 Å². The van der Waals surface area contributed by atoms with Crippen LogP contribution >= 0.6 is 11.6 Å². The Bertz CT molecular complexity index is 889. The second-order valence-corrected chi connectivity index (χ2v) is 5.34. The fourth-order valence-corrected chi connectivity index (χ4v) is 2.35. The molecule has 0 saturated carbocycles. The molecular formula is C18H15ClN2O2. The Morgan fingerprint density at radius 2 is 2.00 bits per heavy atom. The van der Waals surface area contributed by atoms with Crippen LogP contribution in [0.4, 0.5) is 0 Å². The number of H-pyrrole nitrogens is 1. The second-order valence-electron chi connectivity index (χ2n) is 4.93. The highest BCUT2D eigenvalue weighted by Crippen LogP contribution is 2.24. The Labute approximate surface area is 139 Å². The molecule has 0 spiro atoms. The maximum atomic E-state index is 9.04. The van der Waals surface area contributed by atoms with E-state index in [-0.39, 0.29) is 6.61 Å². The molecule has 0 aliphatic carbocycles. The van der Waals surface area contributed by atoms with E-state index in [1.165, 1.54) is 0 Å². The predicted octanol–water partition coefficient (Wildman–Crippen LogP) is 3.51. The van der Waals surface area contributed by atoms with Gasteiger partial charge in [0.15, 0.2) is 0 Å². The molecule has 0 fully saturated rings. The first-order valence-corrected chi connectivity index (χ1v) is 7.61. The van der Waals surface area contributed by atoms with Crippen molar-refractivity contribution in [2.24, 2.45) is 0 Å². The van der Waals surface area contributed by atoms with Crippen LogP contribution in [0.3, 0.4) is 0 Å². The van der Waals surface area contributed by atoms with Crippen molar-refractivity contribution < 1.29 is 9.84 Å².